The summed E-state index contributed by atoms with van der Waals surface area (Å²) in [6.45, 7) is 13.5. The highest BCUT2D eigenvalue weighted by Crippen LogP contribution is 2.21. The van der Waals surface area contributed by atoms with Gasteiger partial charge in [-0.1, -0.05) is 31.5 Å². The molecule has 1 aromatic heterocycles. The van der Waals surface area contributed by atoms with Gasteiger partial charge in [0.05, 0.1) is 6.54 Å². The third kappa shape index (κ3) is 5.74. The van der Waals surface area contributed by atoms with Gasteiger partial charge in [-0.15, -0.1) is 0 Å². The quantitative estimate of drug-likeness (QED) is 0.838. The number of nitrogens with zero attached hydrogens (tertiary/aromatic N) is 3. The van der Waals surface area contributed by atoms with Crippen LogP contribution in [0.1, 0.15) is 59.2 Å². The Bertz CT molecular complexity index is 582. The molecule has 0 saturated carbocycles. The molecule has 0 bridgehead atoms. The predicted molar refractivity (Wildman–Crippen MR) is 93.4 cm³/mol. The van der Waals surface area contributed by atoms with Gasteiger partial charge in [-0.25, -0.2) is 0 Å². The minimum Gasteiger partial charge on any atom is -0.352 e. The second kappa shape index (κ2) is 7.92. The van der Waals surface area contributed by atoms with Crippen LogP contribution in [0, 0.1) is 5.92 Å². The Balaban J connectivity index is 1.83. The Kier molecular flexibility index (Phi) is 6.15. The van der Waals surface area contributed by atoms with E-state index in [2.05, 4.69) is 41.1 Å². The van der Waals surface area contributed by atoms with Crippen molar-refractivity contribution in [2.75, 3.05) is 19.6 Å². The van der Waals surface area contributed by atoms with Crippen molar-refractivity contribution in [3.05, 3.63) is 23.4 Å². The molecule has 24 heavy (non-hydrogen) atoms. The van der Waals surface area contributed by atoms with Crippen LogP contribution >= 0.6 is 0 Å². The minimum absolute atomic E-state index is 0.000102. The smallest absolute Gasteiger partial charge is 0.243 e. The molecule has 0 aromatic carbocycles. The average molecular weight is 334 g/mol. The van der Waals surface area contributed by atoms with E-state index in [0.717, 1.165) is 43.9 Å². The van der Waals surface area contributed by atoms with Crippen LogP contribution in [0.3, 0.4) is 0 Å². The zero-order valence-corrected chi connectivity index (χ0v) is 15.6. The van der Waals surface area contributed by atoms with Crippen molar-refractivity contribution >= 4 is 5.91 Å². The number of carbonyl (C=O) groups excluding carboxylic acids is 1. The second-order valence-electron chi connectivity index (χ2n) is 7.98. The summed E-state index contributed by atoms with van der Waals surface area (Å²) in [7, 11) is 0. The number of amides is 1. The number of piperidine rings is 1. The highest BCUT2D eigenvalue weighted by atomic mass is 16.5. The molecule has 1 aromatic rings. The van der Waals surface area contributed by atoms with Crippen LogP contribution < -0.4 is 5.32 Å². The molecule has 2 heterocycles. The van der Waals surface area contributed by atoms with Gasteiger partial charge in [-0.2, -0.15) is 4.98 Å². The topological polar surface area (TPSA) is 71.3 Å². The lowest BCUT2D eigenvalue weighted by atomic mass is 9.97. The van der Waals surface area contributed by atoms with Gasteiger partial charge in [0.25, 0.3) is 0 Å². The number of allylic oxidation sites excluding steroid dienone is 1. The first kappa shape index (κ1) is 18.6. The molecule has 6 nitrogen and oxygen atoms in total. The SMILES string of the molecule is CC(C)=CC(=O)NC[C@@H]1CCCN(Cc2noc(C(C)(C)C)n2)C1. The maximum atomic E-state index is 11.7. The number of aromatic nitrogens is 2. The van der Waals surface area contributed by atoms with E-state index in [4.69, 9.17) is 4.52 Å². The van der Waals surface area contributed by atoms with E-state index >= 15 is 0 Å². The molecule has 1 amide bonds. The first-order valence-electron chi connectivity index (χ1n) is 8.72. The lowest BCUT2D eigenvalue weighted by Crippen LogP contribution is -2.40. The molecule has 1 aliphatic heterocycles. The molecular weight excluding hydrogens is 304 g/mol. The van der Waals surface area contributed by atoms with E-state index in [1.165, 1.54) is 0 Å². The number of nitrogens with one attached hydrogen (secondary N) is 1. The molecule has 1 fully saturated rings. The molecule has 134 valence electrons. The van der Waals surface area contributed by atoms with Gasteiger partial charge in [-0.3, -0.25) is 9.69 Å². The van der Waals surface area contributed by atoms with Crippen molar-refractivity contribution in [2.45, 2.75) is 59.4 Å². The van der Waals surface area contributed by atoms with Gasteiger partial charge < -0.3 is 9.84 Å². The summed E-state index contributed by atoms with van der Waals surface area (Å²) in [5, 5.41) is 7.10. The third-order valence-electron chi connectivity index (χ3n) is 4.06. The van der Waals surface area contributed by atoms with Gasteiger partial charge >= 0.3 is 0 Å². The maximum Gasteiger partial charge on any atom is 0.243 e. The monoisotopic (exact) mass is 334 g/mol. The predicted octanol–water partition coefficient (Wildman–Crippen LogP) is 2.66. The highest BCUT2D eigenvalue weighted by Gasteiger charge is 2.24. The summed E-state index contributed by atoms with van der Waals surface area (Å²) >= 11 is 0. The second-order valence-corrected chi connectivity index (χ2v) is 7.98. The van der Waals surface area contributed by atoms with E-state index in [0.29, 0.717) is 18.4 Å². The molecular formula is C18H30N4O2. The third-order valence-corrected chi connectivity index (χ3v) is 4.06. The summed E-state index contributed by atoms with van der Waals surface area (Å²) in [5.74, 6) is 1.90. The van der Waals surface area contributed by atoms with E-state index in [1.54, 1.807) is 6.08 Å². The average Bonchev–Trinajstić information content (AvgIpc) is 2.93. The minimum atomic E-state index is -0.120. The van der Waals surface area contributed by atoms with E-state index < -0.39 is 0 Å². The van der Waals surface area contributed by atoms with Gasteiger partial charge in [0.2, 0.25) is 11.8 Å². The number of rotatable bonds is 5. The van der Waals surface area contributed by atoms with E-state index in [9.17, 15) is 4.79 Å². The van der Waals surface area contributed by atoms with Crippen LogP contribution in [0.4, 0.5) is 0 Å². The first-order valence-corrected chi connectivity index (χ1v) is 8.72. The summed E-state index contributed by atoms with van der Waals surface area (Å²) < 4.78 is 5.36. The Morgan fingerprint density at radius 2 is 2.17 bits per heavy atom. The van der Waals surface area contributed by atoms with Crippen molar-refractivity contribution in [2.24, 2.45) is 5.92 Å². The summed E-state index contributed by atoms with van der Waals surface area (Å²) in [4.78, 5) is 18.6. The number of hydrogen-bond donors (Lipinski definition) is 1. The van der Waals surface area contributed by atoms with Gasteiger partial charge in [-0.05, 0) is 39.2 Å². The van der Waals surface area contributed by atoms with Gasteiger partial charge in [0, 0.05) is 24.6 Å². The fourth-order valence-corrected chi connectivity index (χ4v) is 2.84. The molecule has 0 spiro atoms. The zero-order valence-electron chi connectivity index (χ0n) is 15.6. The van der Waals surface area contributed by atoms with Gasteiger partial charge in [0.15, 0.2) is 5.82 Å². The molecule has 0 unspecified atom stereocenters. The molecule has 1 atom stereocenters. The van der Waals surface area contributed by atoms with Crippen LogP contribution in [-0.4, -0.2) is 40.6 Å². The number of hydrogen-bond acceptors (Lipinski definition) is 5. The number of carbonyl (C=O) groups is 1. The van der Waals surface area contributed by atoms with Crippen molar-refractivity contribution in [3.63, 3.8) is 0 Å². The normalized spacial score (nSPS) is 19.1. The lowest BCUT2D eigenvalue weighted by molar-refractivity contribution is -0.116. The van der Waals surface area contributed by atoms with Crippen LogP contribution in [0.25, 0.3) is 0 Å². The summed E-state index contributed by atoms with van der Waals surface area (Å²) in [6.07, 6.45) is 3.92. The van der Waals surface area contributed by atoms with Crippen molar-refractivity contribution in [1.82, 2.24) is 20.4 Å². The fraction of sp³-hybridized carbons (Fsp3) is 0.722. The Morgan fingerprint density at radius 3 is 2.79 bits per heavy atom. The standard InChI is InChI=1S/C18H30N4O2/c1-13(2)9-16(23)19-10-14-7-6-8-22(11-14)12-15-20-17(24-21-15)18(3,4)5/h9,14H,6-8,10-12H2,1-5H3,(H,19,23)/t14-/m0/s1. The van der Waals surface area contributed by atoms with E-state index in [1.807, 2.05) is 13.8 Å². The molecule has 0 aliphatic carbocycles. The Hall–Kier alpha value is -1.69. The van der Waals surface area contributed by atoms with Crippen LogP contribution in [0.5, 0.6) is 0 Å². The molecule has 1 saturated heterocycles. The summed E-state index contributed by atoms with van der Waals surface area (Å²) in [5.41, 5.74) is 0.898. The molecule has 6 heteroatoms. The van der Waals surface area contributed by atoms with Crippen LogP contribution in [0.15, 0.2) is 16.2 Å². The van der Waals surface area contributed by atoms with Crippen LogP contribution in [0.2, 0.25) is 0 Å². The van der Waals surface area contributed by atoms with Crippen molar-refractivity contribution in [3.8, 4) is 0 Å². The maximum absolute atomic E-state index is 11.7. The van der Waals surface area contributed by atoms with Crippen LogP contribution in [-0.2, 0) is 16.8 Å². The molecule has 0 radical (unpaired) electrons. The van der Waals surface area contributed by atoms with Crippen molar-refractivity contribution in [1.29, 1.82) is 0 Å². The van der Waals surface area contributed by atoms with E-state index in [-0.39, 0.29) is 11.3 Å². The molecule has 2 rings (SSSR count). The van der Waals surface area contributed by atoms with Gasteiger partial charge in [0.1, 0.15) is 0 Å². The first-order chi connectivity index (χ1) is 11.2. The molecule has 1 N–H and O–H groups in total. The molecule has 1 aliphatic rings. The Morgan fingerprint density at radius 1 is 1.42 bits per heavy atom. The summed E-state index contributed by atoms with van der Waals surface area (Å²) in [6, 6.07) is 0. The zero-order chi connectivity index (χ0) is 17.7. The Labute approximate surface area is 144 Å². The highest BCUT2D eigenvalue weighted by molar-refractivity contribution is 5.87. The fourth-order valence-electron chi connectivity index (χ4n) is 2.84. The largest absolute Gasteiger partial charge is 0.352 e. The lowest BCUT2D eigenvalue weighted by Gasteiger charge is -2.31. The van der Waals surface area contributed by atoms with Crippen molar-refractivity contribution < 1.29 is 9.32 Å². The number of likely N-dealkylation sites (tertiary alicyclic amines) is 1.